The summed E-state index contributed by atoms with van der Waals surface area (Å²) < 4.78 is 0.937. The average molecular weight is 443 g/mol. The Labute approximate surface area is 185 Å². The van der Waals surface area contributed by atoms with Gasteiger partial charge in [-0.3, -0.25) is 14.5 Å². The van der Waals surface area contributed by atoms with E-state index in [1.165, 1.54) is 16.2 Å². The van der Waals surface area contributed by atoms with Crippen LogP contribution in [-0.4, -0.2) is 34.6 Å². The van der Waals surface area contributed by atoms with Gasteiger partial charge in [-0.25, -0.2) is 4.98 Å². The van der Waals surface area contributed by atoms with E-state index in [1.807, 2.05) is 54.6 Å². The Hall–Kier alpha value is -2.26. The standard InChI is InChI=1S/C22H26N4O2S2/c23-14-6-10-18(21(28)29)26(22-25-17-9-4-5-11-19(17)30-22)20(27)16(24)13-12-15-7-2-1-3-8-15/h1-5,7-9,11,16,18H,6,10,12-14,23-24H2,(H,28,29)/t16-,18-/m0/s1. The van der Waals surface area contributed by atoms with E-state index in [9.17, 15) is 9.59 Å². The first-order chi connectivity index (χ1) is 14.5. The van der Waals surface area contributed by atoms with Gasteiger partial charge in [0.2, 0.25) is 11.0 Å². The Morgan fingerprint density at radius 2 is 1.77 bits per heavy atom. The highest BCUT2D eigenvalue weighted by Crippen LogP contribution is 2.32. The van der Waals surface area contributed by atoms with Crippen LogP contribution in [0.25, 0.3) is 10.2 Å². The van der Waals surface area contributed by atoms with Crippen LogP contribution in [0.4, 0.5) is 5.13 Å². The number of carbonyl (C=O) groups excluding carboxylic acids is 2. The maximum absolute atomic E-state index is 13.4. The summed E-state index contributed by atoms with van der Waals surface area (Å²) in [5.41, 5.74) is 13.8. The fourth-order valence-electron chi connectivity index (χ4n) is 3.29. The zero-order valence-electron chi connectivity index (χ0n) is 16.6. The molecular formula is C22H26N4O2S2. The van der Waals surface area contributed by atoms with Crippen LogP contribution in [0.3, 0.4) is 0 Å². The second-order valence-corrected chi connectivity index (χ2v) is 8.54. The molecule has 0 fully saturated rings. The fraction of sp³-hybridized carbons (Fsp3) is 0.318. The molecule has 0 radical (unpaired) electrons. The highest BCUT2D eigenvalue weighted by atomic mass is 32.1. The third-order valence-corrected chi connectivity index (χ3v) is 6.24. The van der Waals surface area contributed by atoms with Crippen molar-refractivity contribution < 1.29 is 9.59 Å². The van der Waals surface area contributed by atoms with Crippen molar-refractivity contribution in [3.63, 3.8) is 0 Å². The predicted octanol–water partition coefficient (Wildman–Crippen LogP) is 3.15. The maximum atomic E-state index is 13.4. The minimum Gasteiger partial charge on any atom is -0.330 e. The van der Waals surface area contributed by atoms with Crippen molar-refractivity contribution in [2.75, 3.05) is 11.4 Å². The van der Waals surface area contributed by atoms with Gasteiger partial charge >= 0.3 is 0 Å². The third-order valence-electron chi connectivity index (χ3n) is 4.91. The van der Waals surface area contributed by atoms with E-state index in [4.69, 9.17) is 11.5 Å². The number of fused-ring (bicyclic) bond motifs is 1. The Kier molecular flexibility index (Phi) is 7.98. The lowest BCUT2D eigenvalue weighted by molar-refractivity contribution is -0.122. The molecule has 0 aliphatic heterocycles. The first-order valence-electron chi connectivity index (χ1n) is 9.92. The zero-order valence-corrected chi connectivity index (χ0v) is 18.3. The van der Waals surface area contributed by atoms with E-state index in [0.29, 0.717) is 37.4 Å². The third kappa shape index (κ3) is 5.46. The van der Waals surface area contributed by atoms with Crippen molar-refractivity contribution in [3.8, 4) is 0 Å². The molecule has 1 amide bonds. The molecule has 2 aromatic carbocycles. The highest BCUT2D eigenvalue weighted by Gasteiger charge is 2.34. The SMILES string of the molecule is NCCC[C@@H](C(=O)S)N(C(=O)[C@@H](N)CCc1ccccc1)c1nc2ccccc2s1. The molecule has 0 bridgehead atoms. The van der Waals surface area contributed by atoms with Crippen molar-refractivity contribution in [1.82, 2.24) is 4.98 Å². The summed E-state index contributed by atoms with van der Waals surface area (Å²) in [6.07, 6.45) is 2.13. The molecule has 30 heavy (non-hydrogen) atoms. The second-order valence-electron chi connectivity index (χ2n) is 7.09. The summed E-state index contributed by atoms with van der Waals surface area (Å²) in [6.45, 7) is 0.416. The second kappa shape index (κ2) is 10.7. The molecule has 0 saturated heterocycles. The van der Waals surface area contributed by atoms with E-state index in [0.717, 1.165) is 15.8 Å². The largest absolute Gasteiger partial charge is 0.330 e. The molecule has 3 rings (SSSR count). The summed E-state index contributed by atoms with van der Waals surface area (Å²) in [5, 5.41) is 0.0621. The molecule has 1 heterocycles. The number of para-hydroxylation sites is 1. The van der Waals surface area contributed by atoms with Crippen LogP contribution in [0.5, 0.6) is 0 Å². The van der Waals surface area contributed by atoms with Gasteiger partial charge in [-0.15, -0.1) is 12.6 Å². The lowest BCUT2D eigenvalue weighted by atomic mass is 10.0. The van der Waals surface area contributed by atoms with Gasteiger partial charge in [0.25, 0.3) is 0 Å². The summed E-state index contributed by atoms with van der Waals surface area (Å²) in [4.78, 5) is 31.8. The number of aryl methyl sites for hydroxylation is 1. The van der Waals surface area contributed by atoms with Crippen LogP contribution in [0.1, 0.15) is 24.8 Å². The number of amides is 1. The Balaban J connectivity index is 1.88. The Bertz CT molecular complexity index is 960. The van der Waals surface area contributed by atoms with Crippen LogP contribution < -0.4 is 16.4 Å². The zero-order chi connectivity index (χ0) is 21.5. The van der Waals surface area contributed by atoms with Crippen molar-refractivity contribution in [3.05, 3.63) is 60.2 Å². The van der Waals surface area contributed by atoms with Gasteiger partial charge in [0.15, 0.2) is 5.13 Å². The number of carbonyl (C=O) groups is 2. The van der Waals surface area contributed by atoms with Crippen LogP contribution in [0.15, 0.2) is 54.6 Å². The van der Waals surface area contributed by atoms with Gasteiger partial charge in [0.1, 0.15) is 6.04 Å². The lowest BCUT2D eigenvalue weighted by Crippen LogP contribution is -2.51. The molecular weight excluding hydrogens is 416 g/mol. The number of rotatable bonds is 10. The van der Waals surface area contributed by atoms with Crippen molar-refractivity contribution in [2.45, 2.75) is 37.8 Å². The van der Waals surface area contributed by atoms with Crippen LogP contribution >= 0.6 is 24.0 Å². The number of aromatic nitrogens is 1. The number of hydrogen-bond acceptors (Lipinski definition) is 6. The van der Waals surface area contributed by atoms with E-state index in [2.05, 4.69) is 17.6 Å². The number of nitrogens with two attached hydrogens (primary N) is 2. The molecule has 6 nitrogen and oxygen atoms in total. The van der Waals surface area contributed by atoms with Crippen LogP contribution in [-0.2, 0) is 16.0 Å². The van der Waals surface area contributed by atoms with E-state index < -0.39 is 17.2 Å². The van der Waals surface area contributed by atoms with Crippen molar-refractivity contribution in [2.24, 2.45) is 11.5 Å². The smallest absolute Gasteiger partial charge is 0.246 e. The molecule has 0 aliphatic rings. The highest BCUT2D eigenvalue weighted by molar-refractivity contribution is 7.96. The van der Waals surface area contributed by atoms with Gasteiger partial charge in [0.05, 0.1) is 16.3 Å². The number of benzene rings is 2. The first-order valence-corrected chi connectivity index (χ1v) is 11.2. The monoisotopic (exact) mass is 442 g/mol. The molecule has 0 saturated carbocycles. The Morgan fingerprint density at radius 1 is 1.07 bits per heavy atom. The summed E-state index contributed by atoms with van der Waals surface area (Å²) in [7, 11) is 0. The van der Waals surface area contributed by atoms with Gasteiger partial charge < -0.3 is 11.5 Å². The Morgan fingerprint density at radius 3 is 2.43 bits per heavy atom. The van der Waals surface area contributed by atoms with Crippen molar-refractivity contribution in [1.29, 1.82) is 0 Å². The molecule has 0 aliphatic carbocycles. The van der Waals surface area contributed by atoms with E-state index in [1.54, 1.807) is 0 Å². The van der Waals surface area contributed by atoms with Crippen molar-refractivity contribution >= 4 is 50.3 Å². The van der Waals surface area contributed by atoms with Gasteiger partial charge in [-0.1, -0.05) is 53.8 Å². The molecule has 3 aromatic rings. The minimum absolute atomic E-state index is 0.325. The molecule has 4 N–H and O–H groups in total. The number of hydrogen-bond donors (Lipinski definition) is 3. The average Bonchev–Trinajstić information content (AvgIpc) is 3.18. The summed E-state index contributed by atoms with van der Waals surface area (Å²) in [6, 6.07) is 16.0. The molecule has 2 atom stereocenters. The molecule has 0 spiro atoms. The lowest BCUT2D eigenvalue weighted by Gasteiger charge is -2.29. The van der Waals surface area contributed by atoms with E-state index in [-0.39, 0.29) is 5.91 Å². The number of thiol groups is 1. The summed E-state index contributed by atoms with van der Waals surface area (Å²) in [5.74, 6) is -0.325. The number of thiazole rings is 1. The summed E-state index contributed by atoms with van der Waals surface area (Å²) >= 11 is 5.42. The topological polar surface area (TPSA) is 102 Å². The van der Waals surface area contributed by atoms with Gasteiger partial charge in [-0.2, -0.15) is 0 Å². The maximum Gasteiger partial charge on any atom is 0.246 e. The molecule has 0 unspecified atom stereocenters. The fourth-order valence-corrected chi connectivity index (χ4v) is 4.55. The number of nitrogens with zero attached hydrogens (tertiary/aromatic N) is 2. The van der Waals surface area contributed by atoms with Crippen LogP contribution in [0.2, 0.25) is 0 Å². The van der Waals surface area contributed by atoms with E-state index >= 15 is 0 Å². The molecule has 1 aromatic heterocycles. The predicted molar refractivity (Wildman–Crippen MR) is 126 cm³/mol. The molecule has 158 valence electrons. The van der Waals surface area contributed by atoms with Gasteiger partial charge in [0, 0.05) is 0 Å². The minimum atomic E-state index is -0.759. The van der Waals surface area contributed by atoms with Gasteiger partial charge in [-0.05, 0) is 49.9 Å². The first kappa shape index (κ1) is 22.4. The quantitative estimate of drug-likeness (QED) is 0.419. The number of anilines is 1. The normalized spacial score (nSPS) is 13.2. The molecule has 8 heteroatoms. The van der Waals surface area contributed by atoms with Crippen LogP contribution in [0, 0.1) is 0 Å².